The van der Waals surface area contributed by atoms with Gasteiger partial charge in [0, 0.05) is 17.7 Å². The van der Waals surface area contributed by atoms with Crippen LogP contribution in [0.5, 0.6) is 28.7 Å². The van der Waals surface area contributed by atoms with Gasteiger partial charge in [-0.2, -0.15) is 0 Å². The number of allylic oxidation sites excluding steroid dienone is 1. The molecule has 0 atom stereocenters. The van der Waals surface area contributed by atoms with Crippen molar-refractivity contribution < 1.29 is 29.6 Å². The van der Waals surface area contributed by atoms with Crippen molar-refractivity contribution in [2.75, 3.05) is 6.61 Å². The number of phenols is 3. The normalized spacial score (nSPS) is 10.7. The summed E-state index contributed by atoms with van der Waals surface area (Å²) in [7, 11) is 0. The number of ether oxygens (including phenoxy) is 1. The molecule has 0 spiro atoms. The van der Waals surface area contributed by atoms with Crippen molar-refractivity contribution in [1.29, 1.82) is 0 Å². The average molecular weight is 370 g/mol. The maximum atomic E-state index is 12.7. The van der Waals surface area contributed by atoms with Crippen LogP contribution in [0, 0.1) is 0 Å². The summed E-state index contributed by atoms with van der Waals surface area (Å²) in [5.74, 6) is -1.77. The second-order valence-electron chi connectivity index (χ2n) is 6.22. The Hall–Kier alpha value is -3.61. The average Bonchev–Trinajstić information content (AvgIpc) is 2.59. The quantitative estimate of drug-likeness (QED) is 0.409. The minimum Gasteiger partial charge on any atom is -0.508 e. The van der Waals surface area contributed by atoms with Crippen molar-refractivity contribution in [2.45, 2.75) is 13.8 Å². The van der Waals surface area contributed by atoms with Gasteiger partial charge in [0.2, 0.25) is 11.2 Å². The zero-order valence-electron chi connectivity index (χ0n) is 14.7. The van der Waals surface area contributed by atoms with E-state index in [1.54, 1.807) is 6.08 Å². The molecule has 0 saturated heterocycles. The lowest BCUT2D eigenvalue weighted by molar-refractivity contribution is 0.361. The van der Waals surface area contributed by atoms with Crippen LogP contribution in [-0.2, 0) is 0 Å². The second kappa shape index (κ2) is 6.95. The first-order chi connectivity index (χ1) is 12.8. The summed E-state index contributed by atoms with van der Waals surface area (Å²) in [6, 6.07) is 6.21. The molecule has 0 aliphatic rings. The minimum absolute atomic E-state index is 0.00700. The van der Waals surface area contributed by atoms with Crippen molar-refractivity contribution in [3.8, 4) is 40.1 Å². The van der Waals surface area contributed by atoms with Gasteiger partial charge in [-0.3, -0.25) is 4.79 Å². The highest BCUT2D eigenvalue weighted by Gasteiger charge is 2.20. The largest absolute Gasteiger partial charge is 0.508 e. The molecule has 7 nitrogen and oxygen atoms in total. The van der Waals surface area contributed by atoms with E-state index < -0.39 is 16.9 Å². The Bertz CT molecular complexity index is 1110. The molecule has 4 N–H and O–H groups in total. The predicted octanol–water partition coefficient (Wildman–Crippen LogP) is 3.63. The number of benzene rings is 2. The molecule has 0 unspecified atom stereocenters. The van der Waals surface area contributed by atoms with Gasteiger partial charge in [-0.1, -0.05) is 5.57 Å². The van der Waals surface area contributed by atoms with Gasteiger partial charge in [0.1, 0.15) is 29.1 Å². The standard InChI is InChI=1S/C20H18O7/c1-10(2)5-6-26-15-8-12(21)9-16-17(15)18(24)19(25)20(27-16)11-3-4-13(22)14(23)7-11/h3-5,7-9,21-23,25H,6H2,1-2H3. The van der Waals surface area contributed by atoms with Gasteiger partial charge in [-0.25, -0.2) is 0 Å². The minimum atomic E-state index is -0.744. The number of aromatic hydroxyl groups is 4. The van der Waals surface area contributed by atoms with Gasteiger partial charge < -0.3 is 29.6 Å². The third-order valence-electron chi connectivity index (χ3n) is 3.89. The fraction of sp³-hybridized carbons (Fsp3) is 0.150. The molecule has 0 radical (unpaired) electrons. The number of fused-ring (bicyclic) bond motifs is 1. The molecule has 1 aromatic heterocycles. The molecule has 3 aromatic rings. The van der Waals surface area contributed by atoms with Gasteiger partial charge in [0.25, 0.3) is 0 Å². The van der Waals surface area contributed by atoms with Crippen LogP contribution in [-0.4, -0.2) is 27.0 Å². The highest BCUT2D eigenvalue weighted by atomic mass is 16.5. The van der Waals surface area contributed by atoms with Crippen molar-refractivity contribution in [3.63, 3.8) is 0 Å². The Morgan fingerprint density at radius 2 is 1.81 bits per heavy atom. The Balaban J connectivity index is 2.20. The smallest absolute Gasteiger partial charge is 0.238 e. The van der Waals surface area contributed by atoms with Gasteiger partial charge in [0.05, 0.1) is 0 Å². The van der Waals surface area contributed by atoms with E-state index in [9.17, 15) is 25.2 Å². The molecule has 0 bridgehead atoms. The molecular weight excluding hydrogens is 352 g/mol. The van der Waals surface area contributed by atoms with Crippen LogP contribution in [0.4, 0.5) is 0 Å². The molecule has 3 rings (SSSR count). The molecule has 0 aliphatic carbocycles. The maximum Gasteiger partial charge on any atom is 0.238 e. The van der Waals surface area contributed by atoms with E-state index in [0.29, 0.717) is 0 Å². The molecule has 1 heterocycles. The zero-order chi connectivity index (χ0) is 19.7. The highest BCUT2D eigenvalue weighted by molar-refractivity contribution is 5.88. The number of hydrogen-bond acceptors (Lipinski definition) is 7. The van der Waals surface area contributed by atoms with Crippen LogP contribution >= 0.6 is 0 Å². The first-order valence-electron chi connectivity index (χ1n) is 8.09. The summed E-state index contributed by atoms with van der Waals surface area (Å²) in [6.45, 7) is 3.96. The Labute approximate surface area is 154 Å². The van der Waals surface area contributed by atoms with Crippen LogP contribution < -0.4 is 10.2 Å². The third-order valence-corrected chi connectivity index (χ3v) is 3.89. The van der Waals surface area contributed by atoms with E-state index in [1.165, 1.54) is 24.3 Å². The maximum absolute atomic E-state index is 12.7. The lowest BCUT2D eigenvalue weighted by Crippen LogP contribution is -2.06. The first kappa shape index (κ1) is 18.2. The molecule has 0 fully saturated rings. The molecule has 0 aliphatic heterocycles. The van der Waals surface area contributed by atoms with Crippen LogP contribution in [0.25, 0.3) is 22.3 Å². The number of rotatable bonds is 4. The van der Waals surface area contributed by atoms with Gasteiger partial charge in [0.15, 0.2) is 17.3 Å². The Morgan fingerprint density at radius 1 is 1.07 bits per heavy atom. The van der Waals surface area contributed by atoms with E-state index in [0.717, 1.165) is 11.6 Å². The van der Waals surface area contributed by atoms with Crippen LogP contribution in [0.1, 0.15) is 13.8 Å². The van der Waals surface area contributed by atoms with Crippen molar-refractivity contribution in [1.82, 2.24) is 0 Å². The van der Waals surface area contributed by atoms with E-state index in [4.69, 9.17) is 9.15 Å². The molecule has 7 heteroatoms. The summed E-state index contributed by atoms with van der Waals surface area (Å²) < 4.78 is 11.2. The van der Waals surface area contributed by atoms with Crippen molar-refractivity contribution in [2.24, 2.45) is 0 Å². The SMILES string of the molecule is CC(C)=CCOc1cc(O)cc2oc(-c3ccc(O)c(O)c3)c(O)c(=O)c12. The van der Waals surface area contributed by atoms with E-state index in [-0.39, 0.29) is 46.1 Å². The number of hydrogen-bond donors (Lipinski definition) is 4. The van der Waals surface area contributed by atoms with Gasteiger partial charge in [-0.05, 0) is 38.1 Å². The zero-order valence-corrected chi connectivity index (χ0v) is 14.7. The molecule has 140 valence electrons. The predicted molar refractivity (Wildman–Crippen MR) is 99.5 cm³/mol. The number of phenolic OH excluding ortho intramolecular Hbond substituents is 3. The van der Waals surface area contributed by atoms with Crippen LogP contribution in [0.2, 0.25) is 0 Å². The molecule has 2 aromatic carbocycles. The van der Waals surface area contributed by atoms with E-state index in [1.807, 2.05) is 13.8 Å². The fourth-order valence-corrected chi connectivity index (χ4v) is 2.53. The summed E-state index contributed by atoms with van der Waals surface area (Å²) in [5.41, 5.74) is 0.458. The summed E-state index contributed by atoms with van der Waals surface area (Å²) in [6.07, 6.45) is 1.80. The van der Waals surface area contributed by atoms with Crippen LogP contribution in [0.15, 0.2) is 51.2 Å². The lowest BCUT2D eigenvalue weighted by atomic mass is 10.1. The first-order valence-corrected chi connectivity index (χ1v) is 8.09. The van der Waals surface area contributed by atoms with Crippen molar-refractivity contribution in [3.05, 3.63) is 52.2 Å². The Kier molecular flexibility index (Phi) is 4.68. The summed E-state index contributed by atoms with van der Waals surface area (Å²) in [4.78, 5) is 12.7. The Morgan fingerprint density at radius 3 is 2.48 bits per heavy atom. The molecule has 0 amide bonds. The lowest BCUT2D eigenvalue weighted by Gasteiger charge is -2.11. The van der Waals surface area contributed by atoms with E-state index in [2.05, 4.69) is 0 Å². The monoisotopic (exact) mass is 370 g/mol. The fourth-order valence-electron chi connectivity index (χ4n) is 2.53. The molecule has 27 heavy (non-hydrogen) atoms. The topological polar surface area (TPSA) is 120 Å². The molecule has 0 saturated carbocycles. The van der Waals surface area contributed by atoms with Gasteiger partial charge >= 0.3 is 0 Å². The van der Waals surface area contributed by atoms with Crippen molar-refractivity contribution >= 4 is 11.0 Å². The second-order valence-corrected chi connectivity index (χ2v) is 6.22. The third kappa shape index (κ3) is 3.52. The van der Waals surface area contributed by atoms with E-state index >= 15 is 0 Å². The summed E-state index contributed by atoms with van der Waals surface area (Å²) in [5, 5.41) is 39.3. The molecular formula is C20H18O7. The van der Waals surface area contributed by atoms with Crippen LogP contribution in [0.3, 0.4) is 0 Å². The summed E-state index contributed by atoms with van der Waals surface area (Å²) >= 11 is 0. The van der Waals surface area contributed by atoms with Gasteiger partial charge in [-0.15, -0.1) is 0 Å². The highest BCUT2D eigenvalue weighted by Crippen LogP contribution is 2.38.